The van der Waals surface area contributed by atoms with Gasteiger partial charge >= 0.3 is 6.18 Å². The highest BCUT2D eigenvalue weighted by Gasteiger charge is 2.42. The van der Waals surface area contributed by atoms with Crippen molar-refractivity contribution < 1.29 is 26.3 Å². The molecule has 9 heteroatoms. The van der Waals surface area contributed by atoms with Crippen molar-refractivity contribution >= 4 is 21.6 Å². The fraction of sp³-hybridized carbons (Fsp3) is 0.333. The fourth-order valence-electron chi connectivity index (χ4n) is 3.28. The summed E-state index contributed by atoms with van der Waals surface area (Å²) in [6.45, 7) is 0.143. The van der Waals surface area contributed by atoms with E-state index < -0.39 is 32.7 Å². The number of rotatable bonds is 4. The molecule has 1 heterocycles. The SMILES string of the molecule is COc1cccc([C@H]2CCCN2S(=O)(=O)c2ccc(Cl)cc2C(F)(F)F)c1. The molecule has 1 atom stereocenters. The molecule has 0 bridgehead atoms. The summed E-state index contributed by atoms with van der Waals surface area (Å²) in [6, 6.07) is 9.05. The van der Waals surface area contributed by atoms with Crippen molar-refractivity contribution in [1.29, 1.82) is 0 Å². The summed E-state index contributed by atoms with van der Waals surface area (Å²) in [4.78, 5) is -0.783. The number of methoxy groups -OCH3 is 1. The predicted octanol–water partition coefficient (Wildman–Crippen LogP) is 4.89. The highest BCUT2D eigenvalue weighted by atomic mass is 35.5. The van der Waals surface area contributed by atoms with Gasteiger partial charge in [0.15, 0.2) is 0 Å². The van der Waals surface area contributed by atoms with Crippen LogP contribution in [0, 0.1) is 0 Å². The van der Waals surface area contributed by atoms with Crippen LogP contribution in [0.3, 0.4) is 0 Å². The van der Waals surface area contributed by atoms with Crippen LogP contribution in [-0.4, -0.2) is 26.4 Å². The number of nitrogens with zero attached hydrogens (tertiary/aromatic N) is 1. The van der Waals surface area contributed by atoms with Gasteiger partial charge in [0, 0.05) is 11.6 Å². The van der Waals surface area contributed by atoms with E-state index in [1.807, 2.05) is 0 Å². The normalized spacial score (nSPS) is 18.6. The van der Waals surface area contributed by atoms with Crippen LogP contribution >= 0.6 is 11.6 Å². The van der Waals surface area contributed by atoms with E-state index in [1.165, 1.54) is 7.11 Å². The zero-order chi connectivity index (χ0) is 19.8. The Morgan fingerprint density at radius 2 is 1.93 bits per heavy atom. The average Bonchev–Trinajstić information content (AvgIpc) is 3.11. The molecule has 2 aromatic carbocycles. The van der Waals surface area contributed by atoms with E-state index in [1.54, 1.807) is 24.3 Å². The molecular weight excluding hydrogens is 403 g/mol. The molecule has 146 valence electrons. The third-order valence-electron chi connectivity index (χ3n) is 4.52. The van der Waals surface area contributed by atoms with E-state index in [2.05, 4.69) is 0 Å². The smallest absolute Gasteiger partial charge is 0.417 e. The molecule has 1 saturated heterocycles. The fourth-order valence-corrected chi connectivity index (χ4v) is 5.33. The number of halogens is 4. The van der Waals surface area contributed by atoms with Gasteiger partial charge in [0.2, 0.25) is 10.0 Å². The Morgan fingerprint density at radius 1 is 1.19 bits per heavy atom. The summed E-state index contributed by atoms with van der Waals surface area (Å²) in [6.07, 6.45) is -3.77. The van der Waals surface area contributed by atoms with Crippen LogP contribution in [-0.2, 0) is 16.2 Å². The predicted molar refractivity (Wildman–Crippen MR) is 95.3 cm³/mol. The van der Waals surface area contributed by atoms with Crippen LogP contribution < -0.4 is 4.74 Å². The minimum absolute atomic E-state index is 0.143. The standard InChI is InChI=1S/C18H17ClF3NO3S/c1-26-14-5-2-4-12(10-14)16-6-3-9-23(16)27(24,25)17-8-7-13(19)11-15(17)18(20,21)22/h2,4-5,7-8,10-11,16H,3,6,9H2,1H3/t16-/m1/s1. The molecule has 4 nitrogen and oxygen atoms in total. The van der Waals surface area contributed by atoms with Gasteiger partial charge < -0.3 is 4.74 Å². The lowest BCUT2D eigenvalue weighted by Crippen LogP contribution is -2.32. The molecule has 0 N–H and O–H groups in total. The highest BCUT2D eigenvalue weighted by Crippen LogP contribution is 2.41. The molecule has 0 radical (unpaired) electrons. The van der Waals surface area contributed by atoms with Crippen molar-refractivity contribution in [2.24, 2.45) is 0 Å². The van der Waals surface area contributed by atoms with Gasteiger partial charge in [0.25, 0.3) is 0 Å². The Labute approximate surface area is 160 Å². The second kappa shape index (κ2) is 7.33. The van der Waals surface area contributed by atoms with Crippen LogP contribution in [0.2, 0.25) is 5.02 Å². The van der Waals surface area contributed by atoms with E-state index >= 15 is 0 Å². The summed E-state index contributed by atoms with van der Waals surface area (Å²) < 4.78 is 72.7. The molecule has 3 rings (SSSR count). The maximum Gasteiger partial charge on any atom is 0.417 e. The minimum atomic E-state index is -4.83. The Kier molecular flexibility index (Phi) is 5.42. The van der Waals surface area contributed by atoms with E-state index in [0.29, 0.717) is 30.2 Å². The van der Waals surface area contributed by atoms with Crippen LogP contribution in [0.25, 0.3) is 0 Å². The van der Waals surface area contributed by atoms with Crippen LogP contribution in [0.15, 0.2) is 47.4 Å². The van der Waals surface area contributed by atoms with Crippen LogP contribution in [0.1, 0.15) is 30.0 Å². The number of hydrogen-bond donors (Lipinski definition) is 0. The lowest BCUT2D eigenvalue weighted by molar-refractivity contribution is -0.139. The zero-order valence-corrected chi connectivity index (χ0v) is 15.9. The first kappa shape index (κ1) is 20.0. The van der Waals surface area contributed by atoms with Gasteiger partial charge in [-0.2, -0.15) is 17.5 Å². The molecule has 0 saturated carbocycles. The van der Waals surface area contributed by atoms with Gasteiger partial charge in [0.1, 0.15) is 5.75 Å². The van der Waals surface area contributed by atoms with Crippen molar-refractivity contribution in [3.63, 3.8) is 0 Å². The summed E-state index contributed by atoms with van der Waals surface area (Å²) in [5.74, 6) is 0.555. The molecule has 1 aliphatic rings. The van der Waals surface area contributed by atoms with Crippen LogP contribution in [0.4, 0.5) is 13.2 Å². The van der Waals surface area contributed by atoms with Crippen LogP contribution in [0.5, 0.6) is 5.75 Å². The highest BCUT2D eigenvalue weighted by molar-refractivity contribution is 7.89. The lowest BCUT2D eigenvalue weighted by Gasteiger charge is -2.26. The first-order valence-electron chi connectivity index (χ1n) is 8.17. The van der Waals surface area contributed by atoms with Gasteiger partial charge in [-0.3, -0.25) is 0 Å². The summed E-state index contributed by atoms with van der Waals surface area (Å²) in [7, 11) is -2.88. The van der Waals surface area contributed by atoms with Gasteiger partial charge in [-0.15, -0.1) is 0 Å². The van der Waals surface area contributed by atoms with E-state index in [9.17, 15) is 21.6 Å². The Hall–Kier alpha value is -1.77. The molecule has 0 spiro atoms. The summed E-state index contributed by atoms with van der Waals surface area (Å²) >= 11 is 5.67. The second-order valence-corrected chi connectivity index (χ2v) is 8.48. The topological polar surface area (TPSA) is 46.6 Å². The quantitative estimate of drug-likeness (QED) is 0.708. The van der Waals surface area contributed by atoms with Gasteiger partial charge in [-0.05, 0) is 48.7 Å². The molecule has 0 amide bonds. The summed E-state index contributed by atoms with van der Waals surface area (Å²) in [5.41, 5.74) is -0.579. The van der Waals surface area contributed by atoms with Crippen molar-refractivity contribution in [1.82, 2.24) is 4.31 Å². The Bertz CT molecular complexity index is 947. The van der Waals surface area contributed by atoms with E-state index in [0.717, 1.165) is 16.4 Å². The first-order chi connectivity index (χ1) is 12.6. The minimum Gasteiger partial charge on any atom is -0.497 e. The van der Waals surface area contributed by atoms with E-state index in [-0.39, 0.29) is 11.6 Å². The number of benzene rings is 2. The maximum absolute atomic E-state index is 13.4. The van der Waals surface area contributed by atoms with E-state index in [4.69, 9.17) is 16.3 Å². The van der Waals surface area contributed by atoms with Gasteiger partial charge in [-0.25, -0.2) is 8.42 Å². The third-order valence-corrected chi connectivity index (χ3v) is 6.72. The molecule has 0 aromatic heterocycles. The number of ether oxygens (including phenoxy) is 1. The second-order valence-electron chi connectivity index (χ2n) is 6.19. The monoisotopic (exact) mass is 419 g/mol. The lowest BCUT2D eigenvalue weighted by atomic mass is 10.1. The average molecular weight is 420 g/mol. The van der Waals surface area contributed by atoms with Gasteiger partial charge in [0.05, 0.1) is 23.6 Å². The van der Waals surface area contributed by atoms with Crippen molar-refractivity contribution in [2.75, 3.05) is 13.7 Å². The molecular formula is C18H17ClF3NO3S. The van der Waals surface area contributed by atoms with Crippen molar-refractivity contribution in [3.05, 3.63) is 58.6 Å². The molecule has 2 aromatic rings. The summed E-state index contributed by atoms with van der Waals surface area (Å²) in [5, 5.41) is -0.174. The number of sulfonamides is 1. The zero-order valence-electron chi connectivity index (χ0n) is 14.3. The molecule has 1 fully saturated rings. The number of hydrogen-bond acceptors (Lipinski definition) is 3. The van der Waals surface area contributed by atoms with Crippen molar-refractivity contribution in [3.8, 4) is 5.75 Å². The largest absolute Gasteiger partial charge is 0.497 e. The number of alkyl halides is 3. The molecule has 0 unspecified atom stereocenters. The maximum atomic E-state index is 13.4. The first-order valence-corrected chi connectivity index (χ1v) is 9.99. The van der Waals surface area contributed by atoms with Gasteiger partial charge in [-0.1, -0.05) is 23.7 Å². The Balaban J connectivity index is 2.07. The molecule has 27 heavy (non-hydrogen) atoms. The molecule has 1 aliphatic heterocycles. The van der Waals surface area contributed by atoms with Crippen molar-refractivity contribution in [2.45, 2.75) is 30.0 Å². The molecule has 0 aliphatic carbocycles. The Morgan fingerprint density at radius 3 is 2.59 bits per heavy atom. The third kappa shape index (κ3) is 3.93.